The Kier molecular flexibility index (Phi) is 4.27. The molecule has 0 radical (unpaired) electrons. The van der Waals surface area contributed by atoms with Gasteiger partial charge in [0.15, 0.2) is 0 Å². The van der Waals surface area contributed by atoms with Gasteiger partial charge >= 0.3 is 6.18 Å². The molecule has 2 heterocycles. The van der Waals surface area contributed by atoms with E-state index in [0.717, 1.165) is 26.1 Å². The van der Waals surface area contributed by atoms with Crippen LogP contribution < -0.4 is 5.32 Å². The molecule has 0 amide bonds. The lowest BCUT2D eigenvalue weighted by Crippen LogP contribution is -2.45. The fourth-order valence-electron chi connectivity index (χ4n) is 2.71. The first-order valence-electron chi connectivity index (χ1n) is 6.15. The molecule has 0 bridgehead atoms. The molecule has 0 spiro atoms. The lowest BCUT2D eigenvalue weighted by molar-refractivity contribution is -0.174. The molecule has 100 valence electrons. The SMILES string of the molecule is FC(F)(F)COCCN1CCC2NCCC2C1. The molecule has 0 aromatic rings. The maximum Gasteiger partial charge on any atom is 0.411 e. The van der Waals surface area contributed by atoms with Crippen LogP contribution >= 0.6 is 0 Å². The molecule has 6 heteroatoms. The second-order valence-electron chi connectivity index (χ2n) is 4.87. The van der Waals surface area contributed by atoms with Crippen molar-refractivity contribution in [2.45, 2.75) is 25.1 Å². The molecule has 0 aliphatic carbocycles. The zero-order valence-corrected chi connectivity index (χ0v) is 9.80. The first-order valence-corrected chi connectivity index (χ1v) is 6.15. The van der Waals surface area contributed by atoms with E-state index in [0.29, 0.717) is 18.5 Å². The van der Waals surface area contributed by atoms with Gasteiger partial charge in [-0.25, -0.2) is 0 Å². The zero-order valence-electron chi connectivity index (χ0n) is 9.80. The molecule has 0 saturated carbocycles. The minimum Gasteiger partial charge on any atom is -0.371 e. The number of hydrogen-bond acceptors (Lipinski definition) is 3. The van der Waals surface area contributed by atoms with Crippen molar-refractivity contribution in [3.05, 3.63) is 0 Å². The van der Waals surface area contributed by atoms with E-state index in [1.54, 1.807) is 0 Å². The summed E-state index contributed by atoms with van der Waals surface area (Å²) in [6.45, 7) is 2.68. The summed E-state index contributed by atoms with van der Waals surface area (Å²) in [5.41, 5.74) is 0. The molecule has 1 N–H and O–H groups in total. The third-order valence-electron chi connectivity index (χ3n) is 3.56. The highest BCUT2D eigenvalue weighted by Crippen LogP contribution is 2.24. The molecule has 2 aliphatic heterocycles. The van der Waals surface area contributed by atoms with E-state index >= 15 is 0 Å². The molecule has 2 aliphatic rings. The first-order chi connectivity index (χ1) is 8.04. The van der Waals surface area contributed by atoms with Gasteiger partial charge in [0.25, 0.3) is 0 Å². The second-order valence-corrected chi connectivity index (χ2v) is 4.87. The quantitative estimate of drug-likeness (QED) is 0.762. The lowest BCUT2D eigenvalue weighted by Gasteiger charge is -2.34. The summed E-state index contributed by atoms with van der Waals surface area (Å²) in [6.07, 6.45) is -1.92. The highest BCUT2D eigenvalue weighted by Gasteiger charge is 2.32. The number of nitrogens with one attached hydrogen (secondary N) is 1. The minimum absolute atomic E-state index is 0.171. The largest absolute Gasteiger partial charge is 0.411 e. The number of likely N-dealkylation sites (tertiary alicyclic amines) is 1. The molecular weight excluding hydrogens is 233 g/mol. The van der Waals surface area contributed by atoms with Gasteiger partial charge in [-0.15, -0.1) is 0 Å². The first kappa shape index (κ1) is 13.1. The average Bonchev–Trinajstić information content (AvgIpc) is 2.70. The smallest absolute Gasteiger partial charge is 0.371 e. The number of piperidine rings is 1. The van der Waals surface area contributed by atoms with E-state index in [1.807, 2.05) is 0 Å². The third kappa shape index (κ3) is 4.12. The second kappa shape index (κ2) is 5.54. The monoisotopic (exact) mass is 252 g/mol. The Balaban J connectivity index is 1.60. The van der Waals surface area contributed by atoms with Gasteiger partial charge in [0.05, 0.1) is 6.61 Å². The Morgan fingerprint density at radius 1 is 1.29 bits per heavy atom. The van der Waals surface area contributed by atoms with E-state index in [9.17, 15) is 13.2 Å². The number of alkyl halides is 3. The molecule has 2 fully saturated rings. The van der Waals surface area contributed by atoms with Crippen LogP contribution in [0.1, 0.15) is 12.8 Å². The third-order valence-corrected chi connectivity index (χ3v) is 3.56. The van der Waals surface area contributed by atoms with Gasteiger partial charge in [0.1, 0.15) is 6.61 Å². The molecule has 0 aromatic carbocycles. The van der Waals surface area contributed by atoms with Crippen LogP contribution in [0.5, 0.6) is 0 Å². The van der Waals surface area contributed by atoms with Gasteiger partial charge in [-0.1, -0.05) is 0 Å². The topological polar surface area (TPSA) is 24.5 Å². The predicted molar refractivity (Wildman–Crippen MR) is 57.8 cm³/mol. The Morgan fingerprint density at radius 3 is 2.88 bits per heavy atom. The summed E-state index contributed by atoms with van der Waals surface area (Å²) >= 11 is 0. The lowest BCUT2D eigenvalue weighted by atomic mass is 9.93. The van der Waals surface area contributed by atoms with Crippen molar-refractivity contribution in [1.82, 2.24) is 10.2 Å². The van der Waals surface area contributed by atoms with E-state index in [2.05, 4.69) is 15.0 Å². The van der Waals surface area contributed by atoms with Crippen molar-refractivity contribution in [2.24, 2.45) is 5.92 Å². The zero-order chi connectivity index (χ0) is 12.3. The van der Waals surface area contributed by atoms with E-state index in [-0.39, 0.29) is 6.61 Å². The number of rotatable bonds is 4. The number of hydrogen-bond donors (Lipinski definition) is 1. The summed E-state index contributed by atoms with van der Waals surface area (Å²) in [7, 11) is 0. The van der Waals surface area contributed by atoms with Gasteiger partial charge < -0.3 is 15.0 Å². The van der Waals surface area contributed by atoms with Gasteiger partial charge in [-0.3, -0.25) is 0 Å². The summed E-state index contributed by atoms with van der Waals surface area (Å²) in [4.78, 5) is 2.21. The van der Waals surface area contributed by atoms with Crippen molar-refractivity contribution in [3.8, 4) is 0 Å². The Bertz CT molecular complexity index is 247. The fourth-order valence-corrected chi connectivity index (χ4v) is 2.71. The minimum atomic E-state index is -4.21. The molecule has 2 saturated heterocycles. The molecule has 3 nitrogen and oxygen atoms in total. The molecule has 0 aromatic heterocycles. The van der Waals surface area contributed by atoms with Crippen LogP contribution in [-0.2, 0) is 4.74 Å². The van der Waals surface area contributed by atoms with Crippen molar-refractivity contribution in [3.63, 3.8) is 0 Å². The molecular formula is C11H19F3N2O. The molecule has 2 atom stereocenters. The van der Waals surface area contributed by atoms with Crippen LogP contribution in [0.4, 0.5) is 13.2 Å². The molecule has 17 heavy (non-hydrogen) atoms. The molecule has 2 rings (SSSR count). The van der Waals surface area contributed by atoms with Gasteiger partial charge in [-0.2, -0.15) is 13.2 Å². The number of halogens is 3. The summed E-state index contributed by atoms with van der Waals surface area (Å²) in [6, 6.07) is 0.627. The molecule has 2 unspecified atom stereocenters. The normalized spacial score (nSPS) is 30.5. The van der Waals surface area contributed by atoms with Crippen molar-refractivity contribution >= 4 is 0 Å². The van der Waals surface area contributed by atoms with Crippen LogP contribution in [0, 0.1) is 5.92 Å². The van der Waals surface area contributed by atoms with E-state index < -0.39 is 12.8 Å². The van der Waals surface area contributed by atoms with Gasteiger partial charge in [0, 0.05) is 19.1 Å². The number of nitrogens with zero attached hydrogens (tertiary/aromatic N) is 1. The fraction of sp³-hybridized carbons (Fsp3) is 1.00. The van der Waals surface area contributed by atoms with Gasteiger partial charge in [-0.05, 0) is 31.8 Å². The average molecular weight is 252 g/mol. The number of fused-ring (bicyclic) bond motifs is 1. The van der Waals surface area contributed by atoms with Crippen LogP contribution in [0.15, 0.2) is 0 Å². The van der Waals surface area contributed by atoms with Crippen LogP contribution in [0.3, 0.4) is 0 Å². The highest BCUT2D eigenvalue weighted by atomic mass is 19.4. The maximum absolute atomic E-state index is 11.9. The Hall–Kier alpha value is -0.330. The van der Waals surface area contributed by atoms with Crippen molar-refractivity contribution in [2.75, 3.05) is 39.4 Å². The summed E-state index contributed by atoms with van der Waals surface area (Å²) in [5, 5.41) is 3.46. The van der Waals surface area contributed by atoms with Crippen molar-refractivity contribution in [1.29, 1.82) is 0 Å². The summed E-state index contributed by atoms with van der Waals surface area (Å²) in [5.74, 6) is 0.673. The van der Waals surface area contributed by atoms with Gasteiger partial charge in [0.2, 0.25) is 0 Å². The Labute approximate surface area is 99.3 Å². The van der Waals surface area contributed by atoms with Crippen LogP contribution in [0.25, 0.3) is 0 Å². The summed E-state index contributed by atoms with van der Waals surface area (Å²) < 4.78 is 40.2. The Morgan fingerprint density at radius 2 is 2.12 bits per heavy atom. The highest BCUT2D eigenvalue weighted by molar-refractivity contribution is 4.90. The van der Waals surface area contributed by atoms with E-state index in [1.165, 1.54) is 6.42 Å². The van der Waals surface area contributed by atoms with Crippen LogP contribution in [0.2, 0.25) is 0 Å². The predicted octanol–water partition coefficient (Wildman–Crippen LogP) is 1.25. The standard InChI is InChI=1S/C11H19F3N2O/c12-11(13,14)8-17-6-5-16-4-2-10-9(7-16)1-3-15-10/h9-10,15H,1-8H2. The maximum atomic E-state index is 11.9. The number of ether oxygens (including phenoxy) is 1. The van der Waals surface area contributed by atoms with Crippen LogP contribution in [-0.4, -0.2) is 56.5 Å². The van der Waals surface area contributed by atoms with Crippen molar-refractivity contribution < 1.29 is 17.9 Å². The van der Waals surface area contributed by atoms with E-state index in [4.69, 9.17) is 0 Å².